The van der Waals surface area contributed by atoms with Gasteiger partial charge in [0.1, 0.15) is 11.6 Å². The molecule has 0 N–H and O–H groups in total. The van der Waals surface area contributed by atoms with E-state index in [9.17, 15) is 4.79 Å². The Bertz CT molecular complexity index is 1730. The summed E-state index contributed by atoms with van der Waals surface area (Å²) >= 11 is 12.2. The molecule has 38 heavy (non-hydrogen) atoms. The van der Waals surface area contributed by atoms with Crippen LogP contribution in [-0.4, -0.2) is 22.4 Å². The van der Waals surface area contributed by atoms with Crippen molar-refractivity contribution < 1.29 is 9.57 Å². The van der Waals surface area contributed by atoms with Gasteiger partial charge in [0.05, 0.1) is 29.4 Å². The lowest BCUT2D eigenvalue weighted by Gasteiger charge is -2.15. The molecule has 0 radical (unpaired) electrons. The van der Waals surface area contributed by atoms with Crippen molar-refractivity contribution in [1.29, 1.82) is 0 Å². The van der Waals surface area contributed by atoms with E-state index in [0.29, 0.717) is 44.6 Å². The monoisotopic (exact) mass is 541 g/mol. The Morgan fingerprint density at radius 1 is 0.868 bits per heavy atom. The fraction of sp³-hybridized carbons (Fsp3) is 0.100. The van der Waals surface area contributed by atoms with Crippen LogP contribution in [0.1, 0.15) is 23.7 Å². The van der Waals surface area contributed by atoms with Gasteiger partial charge in [-0.15, -0.1) is 0 Å². The van der Waals surface area contributed by atoms with Gasteiger partial charge in [0.25, 0.3) is 5.56 Å². The molecule has 0 spiro atoms. The first-order chi connectivity index (χ1) is 18.5. The van der Waals surface area contributed by atoms with Crippen molar-refractivity contribution in [3.8, 4) is 22.8 Å². The van der Waals surface area contributed by atoms with Gasteiger partial charge >= 0.3 is 0 Å². The predicted octanol–water partition coefficient (Wildman–Crippen LogP) is 7.23. The second-order valence-corrected chi connectivity index (χ2v) is 9.77. The first-order valence-electron chi connectivity index (χ1n) is 12.0. The van der Waals surface area contributed by atoms with E-state index in [0.717, 1.165) is 22.4 Å². The average molecular weight is 542 g/mol. The Hall–Kier alpha value is -4.13. The summed E-state index contributed by atoms with van der Waals surface area (Å²) in [6, 6.07) is 27.8. The summed E-state index contributed by atoms with van der Waals surface area (Å²) < 4.78 is 6.92. The zero-order valence-electron chi connectivity index (χ0n) is 20.3. The predicted molar refractivity (Wildman–Crippen MR) is 151 cm³/mol. The fourth-order valence-corrected chi connectivity index (χ4v) is 4.83. The number of aromatic nitrogens is 2. The van der Waals surface area contributed by atoms with Crippen LogP contribution in [0.2, 0.25) is 10.0 Å². The number of halogens is 2. The molecule has 1 aromatic heterocycles. The van der Waals surface area contributed by atoms with Crippen LogP contribution in [0, 0.1) is 0 Å². The first-order valence-corrected chi connectivity index (χ1v) is 12.7. The van der Waals surface area contributed by atoms with E-state index in [1.54, 1.807) is 29.9 Å². The van der Waals surface area contributed by atoms with Crippen LogP contribution in [0.5, 0.6) is 5.75 Å². The molecule has 4 aromatic carbocycles. The highest BCUT2D eigenvalue weighted by atomic mass is 35.5. The number of fused-ring (bicyclic) bond motifs is 1. The molecular weight excluding hydrogens is 521 g/mol. The van der Waals surface area contributed by atoms with E-state index in [-0.39, 0.29) is 11.7 Å². The Morgan fingerprint density at radius 2 is 1.55 bits per heavy atom. The molecule has 1 atom stereocenters. The highest BCUT2D eigenvalue weighted by Crippen LogP contribution is 2.31. The van der Waals surface area contributed by atoms with E-state index < -0.39 is 0 Å². The SMILES string of the molecule is COc1ccc(-c2nc3cc(Cl)ccc3c(=O)n2-c2ccc(C3CC(c4ccc(Cl)cc4)=NO3)cc2)cc1. The number of nitrogens with zero attached hydrogens (tertiary/aromatic N) is 3. The second kappa shape index (κ2) is 9.97. The number of rotatable bonds is 5. The lowest BCUT2D eigenvalue weighted by Crippen LogP contribution is -2.22. The number of hydrogen-bond donors (Lipinski definition) is 0. The van der Waals surface area contributed by atoms with Gasteiger partial charge in [-0.05, 0) is 77.9 Å². The van der Waals surface area contributed by atoms with E-state index in [4.69, 9.17) is 37.8 Å². The molecule has 5 aromatic rings. The minimum atomic E-state index is -0.218. The molecule has 0 amide bonds. The largest absolute Gasteiger partial charge is 0.497 e. The summed E-state index contributed by atoms with van der Waals surface area (Å²) in [4.78, 5) is 24.3. The third kappa shape index (κ3) is 4.53. The minimum absolute atomic E-state index is 0.185. The van der Waals surface area contributed by atoms with Crippen LogP contribution in [0.4, 0.5) is 0 Å². The van der Waals surface area contributed by atoms with Crippen molar-refractivity contribution >= 4 is 39.8 Å². The van der Waals surface area contributed by atoms with Crippen molar-refractivity contribution in [3.63, 3.8) is 0 Å². The number of oxime groups is 1. The van der Waals surface area contributed by atoms with Crippen LogP contribution in [0.15, 0.2) is 101 Å². The Labute approximate surface area is 228 Å². The quantitative estimate of drug-likeness (QED) is 0.235. The number of ether oxygens (including phenoxy) is 1. The smallest absolute Gasteiger partial charge is 0.266 e. The summed E-state index contributed by atoms with van der Waals surface area (Å²) in [5.41, 5.74) is 4.61. The molecule has 2 heterocycles. The molecule has 0 aliphatic carbocycles. The topological polar surface area (TPSA) is 65.7 Å². The fourth-order valence-electron chi connectivity index (χ4n) is 4.54. The maximum atomic E-state index is 13.7. The molecule has 0 bridgehead atoms. The molecule has 0 saturated heterocycles. The number of hydrogen-bond acceptors (Lipinski definition) is 5. The lowest BCUT2D eigenvalue weighted by atomic mass is 10.00. The van der Waals surface area contributed by atoms with Gasteiger partial charge in [0.2, 0.25) is 0 Å². The van der Waals surface area contributed by atoms with Gasteiger partial charge in [-0.1, -0.05) is 52.6 Å². The summed E-state index contributed by atoms with van der Waals surface area (Å²) in [5.74, 6) is 1.22. The highest BCUT2D eigenvalue weighted by molar-refractivity contribution is 6.31. The van der Waals surface area contributed by atoms with Crippen LogP contribution < -0.4 is 10.3 Å². The van der Waals surface area contributed by atoms with Gasteiger partial charge < -0.3 is 9.57 Å². The number of methoxy groups -OCH3 is 1. The summed E-state index contributed by atoms with van der Waals surface area (Å²) in [5, 5.41) is 5.96. The zero-order valence-corrected chi connectivity index (χ0v) is 21.8. The van der Waals surface area contributed by atoms with Crippen LogP contribution in [0.25, 0.3) is 28.0 Å². The lowest BCUT2D eigenvalue weighted by molar-refractivity contribution is 0.0857. The molecule has 6 nitrogen and oxygen atoms in total. The zero-order chi connectivity index (χ0) is 26.2. The molecule has 188 valence electrons. The molecule has 1 aliphatic heterocycles. The van der Waals surface area contributed by atoms with E-state index in [1.807, 2.05) is 72.8 Å². The number of benzene rings is 4. The minimum Gasteiger partial charge on any atom is -0.497 e. The third-order valence-corrected chi connectivity index (χ3v) is 7.04. The average Bonchev–Trinajstić information content (AvgIpc) is 3.44. The Kier molecular flexibility index (Phi) is 6.35. The third-order valence-electron chi connectivity index (χ3n) is 6.55. The van der Waals surface area contributed by atoms with Crippen molar-refractivity contribution in [2.75, 3.05) is 7.11 Å². The van der Waals surface area contributed by atoms with Crippen LogP contribution >= 0.6 is 23.2 Å². The van der Waals surface area contributed by atoms with E-state index in [1.165, 1.54) is 0 Å². The maximum Gasteiger partial charge on any atom is 0.266 e. The molecule has 8 heteroatoms. The Balaban J connectivity index is 1.37. The summed E-state index contributed by atoms with van der Waals surface area (Å²) in [7, 11) is 1.61. The normalized spacial score (nSPS) is 14.8. The molecule has 1 unspecified atom stereocenters. The van der Waals surface area contributed by atoms with Crippen molar-refractivity contribution in [2.45, 2.75) is 12.5 Å². The Morgan fingerprint density at radius 3 is 2.26 bits per heavy atom. The highest BCUT2D eigenvalue weighted by Gasteiger charge is 2.24. The summed E-state index contributed by atoms with van der Waals surface area (Å²) in [6.07, 6.45) is 0.417. The molecular formula is C30H21Cl2N3O3. The molecule has 6 rings (SSSR count). The second-order valence-electron chi connectivity index (χ2n) is 8.90. The van der Waals surface area contributed by atoms with Gasteiger partial charge in [-0.3, -0.25) is 9.36 Å². The van der Waals surface area contributed by atoms with Crippen molar-refractivity contribution in [2.24, 2.45) is 5.16 Å². The molecule has 0 fully saturated rings. The summed E-state index contributed by atoms with van der Waals surface area (Å²) in [6.45, 7) is 0. The molecule has 1 aliphatic rings. The van der Waals surface area contributed by atoms with Gasteiger partial charge in [0.15, 0.2) is 6.10 Å². The maximum absolute atomic E-state index is 13.7. The van der Waals surface area contributed by atoms with Gasteiger partial charge in [-0.2, -0.15) is 0 Å². The van der Waals surface area contributed by atoms with Crippen LogP contribution in [0.3, 0.4) is 0 Å². The van der Waals surface area contributed by atoms with Crippen molar-refractivity contribution in [3.05, 3.63) is 123 Å². The first kappa shape index (κ1) is 24.2. The van der Waals surface area contributed by atoms with E-state index >= 15 is 0 Å². The van der Waals surface area contributed by atoms with Gasteiger partial charge in [-0.25, -0.2) is 4.98 Å². The molecule has 0 saturated carbocycles. The van der Waals surface area contributed by atoms with Crippen LogP contribution in [-0.2, 0) is 4.84 Å². The standard InChI is InChI=1S/C30H21Cl2N3O3/c1-37-24-13-6-20(7-14-24)29-33-27-16-22(32)10-15-25(27)30(36)35(29)23-11-4-19(5-12-23)28-17-26(34-38-28)18-2-8-21(31)9-3-18/h2-16,28H,17H2,1H3. The van der Waals surface area contributed by atoms with Crippen molar-refractivity contribution in [1.82, 2.24) is 9.55 Å². The van der Waals surface area contributed by atoms with E-state index in [2.05, 4.69) is 5.16 Å². The van der Waals surface area contributed by atoms with Gasteiger partial charge in [0, 0.05) is 22.0 Å².